The zero-order valence-corrected chi connectivity index (χ0v) is 15.1. The number of carbonyl (C=O) groups is 3. The van der Waals surface area contributed by atoms with Crippen molar-refractivity contribution < 1.29 is 19.5 Å². The number of thiazole rings is 1. The molecular formula is C16H19N5O4S. The Labute approximate surface area is 153 Å². The number of nitrogens with one attached hydrogen (secondary N) is 2. The van der Waals surface area contributed by atoms with Crippen molar-refractivity contribution >= 4 is 29.1 Å². The number of hydrogen-bond donors (Lipinski definition) is 3. The van der Waals surface area contributed by atoms with E-state index in [-0.39, 0.29) is 18.2 Å². The molecule has 3 N–H and O–H groups in total. The summed E-state index contributed by atoms with van der Waals surface area (Å²) < 4.78 is 0. The molecule has 2 rings (SSSR count). The Hall–Kier alpha value is -2.88. The van der Waals surface area contributed by atoms with Gasteiger partial charge in [-0.05, 0) is 12.3 Å². The lowest BCUT2D eigenvalue weighted by molar-refractivity contribution is -0.142. The molecule has 0 aromatic carbocycles. The number of aliphatic carboxylic acids is 1. The Bertz CT molecular complexity index is 778. The zero-order chi connectivity index (χ0) is 19.1. The second kappa shape index (κ2) is 8.99. The van der Waals surface area contributed by atoms with Gasteiger partial charge >= 0.3 is 5.97 Å². The summed E-state index contributed by atoms with van der Waals surface area (Å²) >= 11 is 1.23. The second-order valence-electron chi connectivity index (χ2n) is 5.90. The molecule has 0 unspecified atom stereocenters. The average Bonchev–Trinajstić information content (AvgIpc) is 3.09. The van der Waals surface area contributed by atoms with Crippen molar-refractivity contribution in [2.45, 2.75) is 26.3 Å². The standard InChI is InChI=1S/C16H19N5O4S/c1-9(2)5-10(16(24)25)20-13(22)7-19-14(23)12-8-26-15(21-12)11-6-17-3-4-18-11/h3-4,6,8-10H,5,7H2,1-2H3,(H,19,23)(H,20,22)(H,24,25)/t10-/m0/s1. The molecule has 1 atom stereocenters. The molecular weight excluding hydrogens is 358 g/mol. The van der Waals surface area contributed by atoms with Crippen LogP contribution in [-0.4, -0.2) is 50.4 Å². The fraction of sp³-hybridized carbons (Fsp3) is 0.375. The Morgan fingerprint density at radius 2 is 2.04 bits per heavy atom. The summed E-state index contributed by atoms with van der Waals surface area (Å²) in [5.41, 5.74) is 0.702. The lowest BCUT2D eigenvalue weighted by Gasteiger charge is -2.16. The van der Waals surface area contributed by atoms with Crippen LogP contribution in [-0.2, 0) is 9.59 Å². The lowest BCUT2D eigenvalue weighted by atomic mass is 10.0. The molecule has 26 heavy (non-hydrogen) atoms. The van der Waals surface area contributed by atoms with Gasteiger partial charge in [-0.25, -0.2) is 9.78 Å². The maximum atomic E-state index is 12.1. The highest BCUT2D eigenvalue weighted by Crippen LogP contribution is 2.20. The number of hydrogen-bond acceptors (Lipinski definition) is 7. The highest BCUT2D eigenvalue weighted by atomic mass is 32.1. The van der Waals surface area contributed by atoms with Gasteiger partial charge in [0.2, 0.25) is 5.91 Å². The van der Waals surface area contributed by atoms with Gasteiger partial charge in [0.15, 0.2) is 0 Å². The van der Waals surface area contributed by atoms with E-state index in [1.165, 1.54) is 29.9 Å². The van der Waals surface area contributed by atoms with Crippen molar-refractivity contribution in [2.24, 2.45) is 5.92 Å². The fourth-order valence-electron chi connectivity index (χ4n) is 2.09. The van der Waals surface area contributed by atoms with E-state index in [4.69, 9.17) is 5.11 Å². The SMILES string of the molecule is CC(C)C[C@H](NC(=O)CNC(=O)c1csc(-c2cnccn2)n1)C(=O)O. The van der Waals surface area contributed by atoms with E-state index >= 15 is 0 Å². The van der Waals surface area contributed by atoms with Crippen LogP contribution in [0.25, 0.3) is 10.7 Å². The maximum absolute atomic E-state index is 12.1. The van der Waals surface area contributed by atoms with E-state index in [0.29, 0.717) is 17.1 Å². The molecule has 0 saturated heterocycles. The number of nitrogens with zero attached hydrogens (tertiary/aromatic N) is 3. The molecule has 0 aliphatic carbocycles. The molecule has 0 radical (unpaired) electrons. The number of carboxylic acids is 1. The van der Waals surface area contributed by atoms with Crippen molar-refractivity contribution in [2.75, 3.05) is 6.54 Å². The number of aromatic nitrogens is 3. The Morgan fingerprint density at radius 3 is 2.65 bits per heavy atom. The molecule has 2 amide bonds. The smallest absolute Gasteiger partial charge is 0.326 e. The van der Waals surface area contributed by atoms with E-state index in [1.807, 2.05) is 13.8 Å². The van der Waals surface area contributed by atoms with Gasteiger partial charge in [-0.3, -0.25) is 19.6 Å². The highest BCUT2D eigenvalue weighted by Gasteiger charge is 2.21. The summed E-state index contributed by atoms with van der Waals surface area (Å²) in [5, 5.41) is 16.0. The molecule has 0 aliphatic rings. The number of carboxylic acid groups (broad SMARTS) is 1. The highest BCUT2D eigenvalue weighted by molar-refractivity contribution is 7.13. The molecule has 138 valence electrons. The normalized spacial score (nSPS) is 11.8. The monoisotopic (exact) mass is 377 g/mol. The molecule has 0 bridgehead atoms. The minimum atomic E-state index is -1.11. The summed E-state index contributed by atoms with van der Waals surface area (Å²) in [4.78, 5) is 47.3. The molecule has 10 heteroatoms. The third kappa shape index (κ3) is 5.59. The van der Waals surface area contributed by atoms with Crippen LogP contribution in [0.15, 0.2) is 24.0 Å². The third-order valence-corrected chi connectivity index (χ3v) is 4.13. The Morgan fingerprint density at radius 1 is 1.27 bits per heavy atom. The van der Waals surface area contributed by atoms with Gasteiger partial charge in [0, 0.05) is 17.8 Å². The van der Waals surface area contributed by atoms with Crippen LogP contribution in [0.4, 0.5) is 0 Å². The molecule has 0 spiro atoms. The number of carbonyl (C=O) groups excluding carboxylic acids is 2. The van der Waals surface area contributed by atoms with E-state index in [2.05, 4.69) is 25.6 Å². The van der Waals surface area contributed by atoms with Crippen molar-refractivity contribution in [1.29, 1.82) is 0 Å². The first kappa shape index (κ1) is 19.4. The van der Waals surface area contributed by atoms with E-state index < -0.39 is 23.8 Å². The maximum Gasteiger partial charge on any atom is 0.326 e. The van der Waals surface area contributed by atoms with Crippen LogP contribution >= 0.6 is 11.3 Å². The Kier molecular flexibility index (Phi) is 6.73. The topological polar surface area (TPSA) is 134 Å². The lowest BCUT2D eigenvalue weighted by Crippen LogP contribution is -2.46. The van der Waals surface area contributed by atoms with Crippen molar-refractivity contribution in [3.8, 4) is 10.7 Å². The first-order valence-electron chi connectivity index (χ1n) is 7.89. The van der Waals surface area contributed by atoms with E-state index in [9.17, 15) is 14.4 Å². The first-order valence-corrected chi connectivity index (χ1v) is 8.77. The predicted molar refractivity (Wildman–Crippen MR) is 94.5 cm³/mol. The molecule has 0 saturated carbocycles. The van der Waals surface area contributed by atoms with E-state index in [0.717, 1.165) is 0 Å². The first-order chi connectivity index (χ1) is 12.4. The van der Waals surface area contributed by atoms with Gasteiger partial charge in [0.1, 0.15) is 22.4 Å². The molecule has 0 aliphatic heterocycles. The Balaban J connectivity index is 1.89. The largest absolute Gasteiger partial charge is 0.480 e. The van der Waals surface area contributed by atoms with Crippen LogP contribution in [0, 0.1) is 5.92 Å². The van der Waals surface area contributed by atoms with E-state index in [1.54, 1.807) is 5.38 Å². The zero-order valence-electron chi connectivity index (χ0n) is 14.3. The molecule has 2 heterocycles. The van der Waals surface area contributed by atoms with Crippen molar-refractivity contribution in [3.05, 3.63) is 29.7 Å². The summed E-state index contributed by atoms with van der Waals surface area (Å²) in [6.45, 7) is 3.39. The minimum absolute atomic E-state index is 0.112. The van der Waals surface area contributed by atoms with Crippen molar-refractivity contribution in [3.63, 3.8) is 0 Å². The summed E-state index contributed by atoms with van der Waals surface area (Å²) in [6.07, 6.45) is 4.90. The van der Waals surface area contributed by atoms with Gasteiger partial charge in [-0.15, -0.1) is 11.3 Å². The predicted octanol–water partition coefficient (Wildman–Crippen LogP) is 0.945. The van der Waals surface area contributed by atoms with Gasteiger partial charge in [-0.1, -0.05) is 13.8 Å². The molecule has 0 fully saturated rings. The third-order valence-electron chi connectivity index (χ3n) is 3.27. The van der Waals surface area contributed by atoms with Crippen LogP contribution in [0.2, 0.25) is 0 Å². The van der Waals surface area contributed by atoms with Crippen molar-refractivity contribution in [1.82, 2.24) is 25.6 Å². The molecule has 9 nitrogen and oxygen atoms in total. The summed E-state index contributed by atoms with van der Waals surface area (Å²) in [5.74, 6) is -2.09. The molecule has 2 aromatic heterocycles. The van der Waals surface area contributed by atoms with Crippen LogP contribution in [0.1, 0.15) is 30.8 Å². The quantitative estimate of drug-likeness (QED) is 0.623. The summed E-state index contributed by atoms with van der Waals surface area (Å²) in [6, 6.07) is -0.984. The molecule has 2 aromatic rings. The fourth-order valence-corrected chi connectivity index (χ4v) is 2.85. The number of rotatable bonds is 8. The second-order valence-corrected chi connectivity index (χ2v) is 6.76. The van der Waals surface area contributed by atoms with Gasteiger partial charge in [0.05, 0.1) is 12.7 Å². The van der Waals surface area contributed by atoms with Crippen LogP contribution in [0.3, 0.4) is 0 Å². The van der Waals surface area contributed by atoms with Gasteiger partial charge in [-0.2, -0.15) is 0 Å². The van der Waals surface area contributed by atoms with Crippen LogP contribution in [0.5, 0.6) is 0 Å². The van der Waals surface area contributed by atoms with Gasteiger partial charge in [0.25, 0.3) is 5.91 Å². The van der Waals surface area contributed by atoms with Gasteiger partial charge < -0.3 is 15.7 Å². The van der Waals surface area contributed by atoms with Crippen LogP contribution < -0.4 is 10.6 Å². The average molecular weight is 377 g/mol. The number of amides is 2. The summed E-state index contributed by atoms with van der Waals surface area (Å²) in [7, 11) is 0. The minimum Gasteiger partial charge on any atom is -0.480 e.